The van der Waals surface area contributed by atoms with Gasteiger partial charge in [0.1, 0.15) is 0 Å². The molecule has 0 aromatic carbocycles. The molecule has 0 unspecified atom stereocenters. The SMILES string of the molecule is CCNc1cnn(Cc2ccc(Br)s2)c(=O)c1. The van der Waals surface area contributed by atoms with Gasteiger partial charge >= 0.3 is 0 Å². The second-order valence-corrected chi connectivity index (χ2v) is 6.02. The first-order chi connectivity index (χ1) is 8.19. The Kier molecular flexibility index (Phi) is 3.96. The Bertz CT molecular complexity index is 564. The molecule has 2 rings (SSSR count). The third-order valence-corrected chi connectivity index (χ3v) is 3.79. The Morgan fingerprint density at radius 1 is 1.53 bits per heavy atom. The molecule has 0 aliphatic rings. The summed E-state index contributed by atoms with van der Waals surface area (Å²) in [5, 5.41) is 7.20. The summed E-state index contributed by atoms with van der Waals surface area (Å²) in [6.07, 6.45) is 1.67. The third-order valence-electron chi connectivity index (χ3n) is 2.18. The lowest BCUT2D eigenvalue weighted by Crippen LogP contribution is -2.22. The zero-order valence-corrected chi connectivity index (χ0v) is 11.7. The standard InChI is InChI=1S/C11H12BrN3OS/c1-2-13-8-5-11(16)15(14-6-8)7-9-3-4-10(12)17-9/h3-6,13H,2,7H2,1H3. The minimum atomic E-state index is -0.0898. The van der Waals surface area contributed by atoms with Gasteiger partial charge in [-0.15, -0.1) is 11.3 Å². The topological polar surface area (TPSA) is 46.9 Å². The summed E-state index contributed by atoms with van der Waals surface area (Å²) in [5.74, 6) is 0. The number of nitrogens with one attached hydrogen (secondary N) is 1. The van der Waals surface area contributed by atoms with Crippen molar-refractivity contribution in [3.05, 3.63) is 43.4 Å². The van der Waals surface area contributed by atoms with Crippen LogP contribution < -0.4 is 10.9 Å². The highest BCUT2D eigenvalue weighted by Crippen LogP contribution is 2.22. The average molecular weight is 314 g/mol. The van der Waals surface area contributed by atoms with E-state index in [0.717, 1.165) is 20.9 Å². The predicted molar refractivity (Wildman–Crippen MR) is 73.8 cm³/mol. The lowest BCUT2D eigenvalue weighted by molar-refractivity contribution is 0.646. The molecule has 0 radical (unpaired) electrons. The van der Waals surface area contributed by atoms with Crippen molar-refractivity contribution >= 4 is 33.0 Å². The summed E-state index contributed by atoms with van der Waals surface area (Å²) in [6, 6.07) is 5.53. The molecule has 0 spiro atoms. The maximum Gasteiger partial charge on any atom is 0.269 e. The Labute approximate surface area is 111 Å². The van der Waals surface area contributed by atoms with Crippen LogP contribution in [0.4, 0.5) is 5.69 Å². The highest BCUT2D eigenvalue weighted by Gasteiger charge is 2.03. The highest BCUT2D eigenvalue weighted by atomic mass is 79.9. The largest absolute Gasteiger partial charge is 0.384 e. The van der Waals surface area contributed by atoms with Gasteiger partial charge in [-0.1, -0.05) is 0 Å². The summed E-state index contributed by atoms with van der Waals surface area (Å²) in [5.41, 5.74) is 0.675. The van der Waals surface area contributed by atoms with Crippen LogP contribution in [0.15, 0.2) is 33.0 Å². The van der Waals surface area contributed by atoms with Crippen LogP contribution in [0.1, 0.15) is 11.8 Å². The molecule has 4 nitrogen and oxygen atoms in total. The van der Waals surface area contributed by atoms with Gasteiger partial charge in [-0.3, -0.25) is 4.79 Å². The van der Waals surface area contributed by atoms with Gasteiger partial charge in [0, 0.05) is 17.5 Å². The fourth-order valence-electron chi connectivity index (χ4n) is 1.44. The fourth-order valence-corrected chi connectivity index (χ4v) is 2.90. The summed E-state index contributed by atoms with van der Waals surface area (Å²) in [4.78, 5) is 12.9. The zero-order chi connectivity index (χ0) is 12.3. The maximum absolute atomic E-state index is 11.8. The van der Waals surface area contributed by atoms with Crippen molar-refractivity contribution in [1.82, 2.24) is 9.78 Å². The monoisotopic (exact) mass is 313 g/mol. The molecule has 1 N–H and O–H groups in total. The first-order valence-electron chi connectivity index (χ1n) is 5.24. The minimum Gasteiger partial charge on any atom is -0.384 e. The van der Waals surface area contributed by atoms with Crippen LogP contribution in [-0.4, -0.2) is 16.3 Å². The molecule has 0 amide bonds. The Morgan fingerprint density at radius 3 is 2.94 bits per heavy atom. The molecule has 6 heteroatoms. The van der Waals surface area contributed by atoms with E-state index in [2.05, 4.69) is 26.3 Å². The Hall–Kier alpha value is -1.14. The molecule has 0 saturated carbocycles. The molecular weight excluding hydrogens is 302 g/mol. The number of nitrogens with zero attached hydrogens (tertiary/aromatic N) is 2. The number of hydrogen-bond donors (Lipinski definition) is 1. The van der Waals surface area contributed by atoms with E-state index in [1.165, 1.54) is 4.68 Å². The molecule has 90 valence electrons. The van der Waals surface area contributed by atoms with Crippen LogP contribution in [-0.2, 0) is 6.54 Å². The van der Waals surface area contributed by atoms with Crippen molar-refractivity contribution in [2.45, 2.75) is 13.5 Å². The number of hydrogen-bond acceptors (Lipinski definition) is 4. The number of halogens is 1. The van der Waals surface area contributed by atoms with Crippen LogP contribution in [0.25, 0.3) is 0 Å². The predicted octanol–water partition coefficient (Wildman–Crippen LogP) is 2.55. The number of aromatic nitrogens is 2. The normalized spacial score (nSPS) is 10.5. The van der Waals surface area contributed by atoms with Gasteiger partial charge < -0.3 is 5.32 Å². The molecule has 0 fully saturated rings. The van der Waals surface area contributed by atoms with E-state index in [-0.39, 0.29) is 5.56 Å². The van der Waals surface area contributed by atoms with Crippen molar-refractivity contribution in [2.24, 2.45) is 0 Å². The van der Waals surface area contributed by atoms with Crippen molar-refractivity contribution in [1.29, 1.82) is 0 Å². The number of anilines is 1. The molecule has 17 heavy (non-hydrogen) atoms. The van der Waals surface area contributed by atoms with Crippen LogP contribution in [0.5, 0.6) is 0 Å². The van der Waals surface area contributed by atoms with Gasteiger partial charge in [0.2, 0.25) is 0 Å². The minimum absolute atomic E-state index is 0.0898. The van der Waals surface area contributed by atoms with Gasteiger partial charge in [-0.05, 0) is 35.0 Å². The summed E-state index contributed by atoms with van der Waals surface area (Å²) in [6.45, 7) is 3.28. The quantitative estimate of drug-likeness (QED) is 0.943. The maximum atomic E-state index is 11.8. The van der Waals surface area contributed by atoms with Gasteiger partial charge in [0.15, 0.2) is 0 Å². The van der Waals surface area contributed by atoms with E-state index >= 15 is 0 Å². The smallest absolute Gasteiger partial charge is 0.269 e. The fraction of sp³-hybridized carbons (Fsp3) is 0.273. The van der Waals surface area contributed by atoms with E-state index in [1.54, 1.807) is 23.6 Å². The zero-order valence-electron chi connectivity index (χ0n) is 9.31. The first kappa shape index (κ1) is 12.3. The van der Waals surface area contributed by atoms with Crippen molar-refractivity contribution in [2.75, 3.05) is 11.9 Å². The first-order valence-corrected chi connectivity index (χ1v) is 6.85. The van der Waals surface area contributed by atoms with Gasteiger partial charge in [0.25, 0.3) is 5.56 Å². The van der Waals surface area contributed by atoms with Crippen LogP contribution in [0.2, 0.25) is 0 Å². The molecule has 0 aliphatic heterocycles. The second kappa shape index (κ2) is 5.46. The molecule has 0 atom stereocenters. The Morgan fingerprint density at radius 2 is 2.35 bits per heavy atom. The van der Waals surface area contributed by atoms with Gasteiger partial charge in [-0.25, -0.2) is 4.68 Å². The van der Waals surface area contributed by atoms with Crippen LogP contribution in [0, 0.1) is 0 Å². The van der Waals surface area contributed by atoms with Crippen molar-refractivity contribution < 1.29 is 0 Å². The van der Waals surface area contributed by atoms with E-state index in [1.807, 2.05) is 19.1 Å². The lowest BCUT2D eigenvalue weighted by Gasteiger charge is -2.05. The van der Waals surface area contributed by atoms with E-state index < -0.39 is 0 Å². The molecule has 2 aromatic heterocycles. The van der Waals surface area contributed by atoms with E-state index in [0.29, 0.717) is 6.54 Å². The van der Waals surface area contributed by atoms with E-state index in [4.69, 9.17) is 0 Å². The van der Waals surface area contributed by atoms with Crippen LogP contribution in [0.3, 0.4) is 0 Å². The summed E-state index contributed by atoms with van der Waals surface area (Å²) < 4.78 is 2.52. The molecule has 0 saturated heterocycles. The summed E-state index contributed by atoms with van der Waals surface area (Å²) >= 11 is 5.00. The lowest BCUT2D eigenvalue weighted by atomic mass is 10.4. The van der Waals surface area contributed by atoms with Crippen molar-refractivity contribution in [3.8, 4) is 0 Å². The van der Waals surface area contributed by atoms with Crippen LogP contribution >= 0.6 is 27.3 Å². The molecule has 0 bridgehead atoms. The van der Waals surface area contributed by atoms with Gasteiger partial charge in [0.05, 0.1) is 22.2 Å². The average Bonchev–Trinajstić information content (AvgIpc) is 2.69. The third kappa shape index (κ3) is 3.17. The Balaban J connectivity index is 2.19. The van der Waals surface area contributed by atoms with Crippen molar-refractivity contribution in [3.63, 3.8) is 0 Å². The van der Waals surface area contributed by atoms with E-state index in [9.17, 15) is 4.79 Å². The molecule has 2 aromatic rings. The molecule has 0 aliphatic carbocycles. The number of rotatable bonds is 4. The highest BCUT2D eigenvalue weighted by molar-refractivity contribution is 9.11. The number of thiophene rings is 1. The van der Waals surface area contributed by atoms with Gasteiger partial charge in [-0.2, -0.15) is 5.10 Å². The second-order valence-electron chi connectivity index (χ2n) is 3.48. The molecular formula is C11H12BrN3OS. The molecule has 2 heterocycles. The summed E-state index contributed by atoms with van der Waals surface area (Å²) in [7, 11) is 0.